The molecule has 0 unspecified atom stereocenters. The number of ether oxygens (including phenoxy) is 1. The summed E-state index contributed by atoms with van der Waals surface area (Å²) >= 11 is 0. The summed E-state index contributed by atoms with van der Waals surface area (Å²) in [6.07, 6.45) is 1.06. The molecule has 0 saturated heterocycles. The number of aryl methyl sites for hydroxylation is 1. The van der Waals surface area contributed by atoms with Gasteiger partial charge in [0.25, 0.3) is 0 Å². The Kier molecular flexibility index (Phi) is 3.43. The van der Waals surface area contributed by atoms with Crippen LogP contribution in [0.1, 0.15) is 24.1 Å². The smallest absolute Gasteiger partial charge is 0.213 e. The van der Waals surface area contributed by atoms with Crippen molar-refractivity contribution in [1.82, 2.24) is 4.98 Å². The molecule has 78 valence electrons. The van der Waals surface area contributed by atoms with Gasteiger partial charge in [0.1, 0.15) is 0 Å². The molecule has 0 spiro atoms. The van der Waals surface area contributed by atoms with Crippen molar-refractivity contribution < 1.29 is 9.84 Å². The van der Waals surface area contributed by atoms with Gasteiger partial charge >= 0.3 is 0 Å². The van der Waals surface area contributed by atoms with E-state index < -0.39 is 12.1 Å². The highest BCUT2D eigenvalue weighted by atomic mass is 16.5. The van der Waals surface area contributed by atoms with Crippen LogP contribution < -0.4 is 10.5 Å². The topological polar surface area (TPSA) is 68.4 Å². The summed E-state index contributed by atoms with van der Waals surface area (Å²) < 4.78 is 4.98. The number of methoxy groups -OCH3 is 1. The Morgan fingerprint density at radius 2 is 2.21 bits per heavy atom. The van der Waals surface area contributed by atoms with Crippen molar-refractivity contribution in [2.45, 2.75) is 26.0 Å². The minimum absolute atomic E-state index is 0.395. The van der Waals surface area contributed by atoms with Gasteiger partial charge in [-0.2, -0.15) is 0 Å². The third kappa shape index (κ3) is 2.21. The minimum Gasteiger partial charge on any atom is -0.481 e. The van der Waals surface area contributed by atoms with Gasteiger partial charge in [-0.3, -0.25) is 0 Å². The molecule has 4 heteroatoms. The third-order valence-electron chi connectivity index (χ3n) is 2.21. The normalized spacial score (nSPS) is 14.9. The van der Waals surface area contributed by atoms with Crippen molar-refractivity contribution in [3.63, 3.8) is 0 Å². The first kappa shape index (κ1) is 10.9. The van der Waals surface area contributed by atoms with Gasteiger partial charge in [0.15, 0.2) is 0 Å². The lowest BCUT2D eigenvalue weighted by Gasteiger charge is -2.17. The molecule has 0 aliphatic heterocycles. The van der Waals surface area contributed by atoms with Gasteiger partial charge < -0.3 is 15.6 Å². The van der Waals surface area contributed by atoms with E-state index in [2.05, 4.69) is 4.98 Å². The Hall–Kier alpha value is -1.13. The predicted molar refractivity (Wildman–Crippen MR) is 54.1 cm³/mol. The fraction of sp³-hybridized carbons (Fsp3) is 0.500. The molecule has 1 heterocycles. The quantitative estimate of drug-likeness (QED) is 0.749. The van der Waals surface area contributed by atoms with Crippen LogP contribution in [0.25, 0.3) is 0 Å². The Labute approximate surface area is 83.7 Å². The molecule has 0 amide bonds. The monoisotopic (exact) mass is 196 g/mol. The Balaban J connectivity index is 2.99. The summed E-state index contributed by atoms with van der Waals surface area (Å²) in [5, 5.41) is 9.34. The Morgan fingerprint density at radius 3 is 2.64 bits per heavy atom. The first-order valence-electron chi connectivity index (χ1n) is 4.50. The van der Waals surface area contributed by atoms with E-state index in [1.54, 1.807) is 26.3 Å². The number of aromatic nitrogens is 1. The first-order chi connectivity index (χ1) is 6.56. The Morgan fingerprint density at radius 1 is 1.57 bits per heavy atom. The van der Waals surface area contributed by atoms with Crippen LogP contribution in [0.5, 0.6) is 5.88 Å². The van der Waals surface area contributed by atoms with Gasteiger partial charge in [-0.25, -0.2) is 4.98 Å². The molecule has 2 atom stereocenters. The molecule has 0 aromatic carbocycles. The fourth-order valence-electron chi connectivity index (χ4n) is 1.26. The molecule has 1 aromatic rings. The van der Waals surface area contributed by atoms with Gasteiger partial charge in [-0.15, -0.1) is 0 Å². The maximum Gasteiger partial charge on any atom is 0.213 e. The third-order valence-corrected chi connectivity index (χ3v) is 2.21. The number of nitrogens with zero attached hydrogens (tertiary/aromatic N) is 1. The zero-order chi connectivity index (χ0) is 10.7. The lowest BCUT2D eigenvalue weighted by atomic mass is 10.0. The lowest BCUT2D eigenvalue weighted by molar-refractivity contribution is 0.164. The van der Waals surface area contributed by atoms with Crippen LogP contribution in [0.2, 0.25) is 0 Å². The van der Waals surface area contributed by atoms with Crippen molar-refractivity contribution >= 4 is 0 Å². The summed E-state index contributed by atoms with van der Waals surface area (Å²) in [6, 6.07) is 1.41. The van der Waals surface area contributed by atoms with Crippen molar-refractivity contribution in [2.24, 2.45) is 5.73 Å². The number of nitrogens with two attached hydrogens (primary N) is 1. The Bertz CT molecular complexity index is 313. The van der Waals surface area contributed by atoms with Crippen molar-refractivity contribution in [1.29, 1.82) is 0 Å². The van der Waals surface area contributed by atoms with Crippen molar-refractivity contribution in [2.75, 3.05) is 7.11 Å². The predicted octanol–water partition coefficient (Wildman–Crippen LogP) is 0.779. The van der Waals surface area contributed by atoms with Crippen molar-refractivity contribution in [3.05, 3.63) is 23.4 Å². The summed E-state index contributed by atoms with van der Waals surface area (Å²) in [7, 11) is 1.57. The molecule has 1 aromatic heterocycles. The van der Waals surface area contributed by atoms with E-state index >= 15 is 0 Å². The number of hydrogen-bond donors (Lipinski definition) is 2. The number of aliphatic hydroxyl groups excluding tert-OH is 1. The highest BCUT2D eigenvalue weighted by Gasteiger charge is 2.15. The second kappa shape index (κ2) is 4.39. The SMILES string of the molecule is COc1cc(C)c([C@@H](N)[C@H](C)O)cn1. The molecule has 3 N–H and O–H groups in total. The second-order valence-electron chi connectivity index (χ2n) is 3.35. The zero-order valence-corrected chi connectivity index (χ0v) is 8.69. The van der Waals surface area contributed by atoms with Crippen LogP contribution >= 0.6 is 0 Å². The van der Waals surface area contributed by atoms with Crippen LogP contribution in [0.3, 0.4) is 0 Å². The van der Waals surface area contributed by atoms with Gasteiger partial charge in [0.05, 0.1) is 19.3 Å². The van der Waals surface area contributed by atoms with Crippen LogP contribution in [0.15, 0.2) is 12.3 Å². The van der Waals surface area contributed by atoms with Gasteiger partial charge in [0.2, 0.25) is 5.88 Å². The molecular formula is C10H16N2O2. The number of aliphatic hydroxyl groups is 1. The van der Waals surface area contributed by atoms with Gasteiger partial charge in [-0.05, 0) is 25.0 Å². The number of pyridine rings is 1. The molecule has 0 bridgehead atoms. The highest BCUT2D eigenvalue weighted by Crippen LogP contribution is 2.20. The largest absolute Gasteiger partial charge is 0.481 e. The summed E-state index contributed by atoms with van der Waals surface area (Å²) in [6.45, 7) is 3.58. The van der Waals surface area contributed by atoms with Gasteiger partial charge in [-0.1, -0.05) is 0 Å². The lowest BCUT2D eigenvalue weighted by Crippen LogP contribution is -2.24. The van der Waals surface area contributed by atoms with Crippen LogP contribution in [-0.4, -0.2) is 23.3 Å². The van der Waals surface area contributed by atoms with E-state index in [-0.39, 0.29) is 0 Å². The summed E-state index contributed by atoms with van der Waals surface area (Å²) in [5.41, 5.74) is 7.62. The van der Waals surface area contributed by atoms with Crippen LogP contribution in [0.4, 0.5) is 0 Å². The average molecular weight is 196 g/mol. The molecule has 1 rings (SSSR count). The standard InChI is InChI=1S/C10H16N2O2/c1-6-4-9(14-3)12-5-8(6)10(11)7(2)13/h4-5,7,10,13H,11H2,1-3H3/t7-,10-/m0/s1. The number of rotatable bonds is 3. The van der Waals surface area contributed by atoms with E-state index in [1.165, 1.54) is 0 Å². The number of hydrogen-bond acceptors (Lipinski definition) is 4. The average Bonchev–Trinajstić information content (AvgIpc) is 2.16. The molecular weight excluding hydrogens is 180 g/mol. The van der Waals surface area contributed by atoms with E-state index in [1.807, 2.05) is 6.92 Å². The molecule has 0 aliphatic rings. The second-order valence-corrected chi connectivity index (χ2v) is 3.35. The van der Waals surface area contributed by atoms with Crippen LogP contribution in [-0.2, 0) is 0 Å². The molecule has 0 saturated carbocycles. The molecule has 4 nitrogen and oxygen atoms in total. The van der Waals surface area contributed by atoms with E-state index in [0.29, 0.717) is 5.88 Å². The molecule has 14 heavy (non-hydrogen) atoms. The van der Waals surface area contributed by atoms with Gasteiger partial charge in [0, 0.05) is 12.3 Å². The molecule has 0 aliphatic carbocycles. The van der Waals surface area contributed by atoms with Crippen LogP contribution in [0, 0.1) is 6.92 Å². The maximum atomic E-state index is 9.34. The molecule has 0 radical (unpaired) electrons. The maximum absolute atomic E-state index is 9.34. The van der Waals surface area contributed by atoms with E-state index in [0.717, 1.165) is 11.1 Å². The summed E-state index contributed by atoms with van der Waals surface area (Å²) in [5.74, 6) is 0.559. The van der Waals surface area contributed by atoms with E-state index in [4.69, 9.17) is 10.5 Å². The molecule has 0 fully saturated rings. The van der Waals surface area contributed by atoms with E-state index in [9.17, 15) is 5.11 Å². The highest BCUT2D eigenvalue weighted by molar-refractivity contribution is 5.30. The first-order valence-corrected chi connectivity index (χ1v) is 4.50. The summed E-state index contributed by atoms with van der Waals surface area (Å²) in [4.78, 5) is 4.05. The minimum atomic E-state index is -0.580. The van der Waals surface area contributed by atoms with Crippen molar-refractivity contribution in [3.8, 4) is 5.88 Å². The zero-order valence-electron chi connectivity index (χ0n) is 8.69. The fourth-order valence-corrected chi connectivity index (χ4v) is 1.26.